The van der Waals surface area contributed by atoms with Gasteiger partial charge in [0.05, 0.1) is 12.7 Å². The number of allylic oxidation sites excluding steroid dienone is 8. The molecule has 0 aromatic carbocycles. The molecule has 4 nitrogen and oxygen atoms in total. The highest BCUT2D eigenvalue weighted by Gasteiger charge is 2.12. The molecule has 1 amide bonds. The number of nitrogens with one attached hydrogen (secondary N) is 1. The summed E-state index contributed by atoms with van der Waals surface area (Å²) >= 11 is 0. The summed E-state index contributed by atoms with van der Waals surface area (Å²) in [5, 5.41) is 20.2. The zero-order valence-electron chi connectivity index (χ0n) is 19.3. The van der Waals surface area contributed by atoms with Crippen LogP contribution in [0, 0.1) is 16.7 Å². The summed E-state index contributed by atoms with van der Waals surface area (Å²) in [7, 11) is 0. The number of amides is 1. The van der Waals surface area contributed by atoms with Crippen LogP contribution in [0.25, 0.3) is 0 Å². The van der Waals surface area contributed by atoms with Gasteiger partial charge in [-0.15, -0.1) is 0 Å². The van der Waals surface area contributed by atoms with Crippen LogP contribution in [0.15, 0.2) is 48.6 Å². The summed E-state index contributed by atoms with van der Waals surface area (Å²) in [5.41, 5.74) is 0.206. The minimum absolute atomic E-state index is 0.00522. The van der Waals surface area contributed by atoms with Crippen LogP contribution in [0.2, 0.25) is 0 Å². The molecule has 0 fully saturated rings. The molecule has 4 heteroatoms. The van der Waals surface area contributed by atoms with Crippen molar-refractivity contribution in [3.05, 3.63) is 48.6 Å². The molecule has 0 spiro atoms. The SMILES string of the molecule is C[C@H](CO)NC(=O)CCCC=CCC=CCC=CCC=CC(C)(C)CCCCC#N. The van der Waals surface area contributed by atoms with E-state index in [1.807, 2.05) is 0 Å². The summed E-state index contributed by atoms with van der Waals surface area (Å²) in [5.74, 6) is 0.00522. The van der Waals surface area contributed by atoms with Crippen molar-refractivity contribution in [3.63, 3.8) is 0 Å². The topological polar surface area (TPSA) is 73.1 Å². The average molecular weight is 415 g/mol. The smallest absolute Gasteiger partial charge is 0.220 e. The van der Waals surface area contributed by atoms with E-state index >= 15 is 0 Å². The monoisotopic (exact) mass is 414 g/mol. The molecule has 2 N–H and O–H groups in total. The molecule has 0 aromatic heterocycles. The van der Waals surface area contributed by atoms with Crippen molar-refractivity contribution in [2.45, 2.75) is 91.0 Å². The second kappa shape index (κ2) is 18.9. The predicted octanol–water partition coefficient (Wildman–Crippen LogP) is 6.16. The number of rotatable bonds is 17. The van der Waals surface area contributed by atoms with Gasteiger partial charge in [-0.25, -0.2) is 0 Å². The van der Waals surface area contributed by atoms with Gasteiger partial charge in [-0.3, -0.25) is 4.79 Å². The van der Waals surface area contributed by atoms with Crippen molar-refractivity contribution in [2.24, 2.45) is 5.41 Å². The highest BCUT2D eigenvalue weighted by molar-refractivity contribution is 5.76. The largest absolute Gasteiger partial charge is 0.394 e. The van der Waals surface area contributed by atoms with Gasteiger partial charge in [0.2, 0.25) is 5.91 Å². The van der Waals surface area contributed by atoms with Crippen molar-refractivity contribution in [3.8, 4) is 6.07 Å². The fraction of sp³-hybridized carbons (Fsp3) is 0.615. The van der Waals surface area contributed by atoms with Crippen molar-refractivity contribution in [1.82, 2.24) is 5.32 Å². The molecule has 0 bridgehead atoms. The van der Waals surface area contributed by atoms with Crippen LogP contribution in [-0.2, 0) is 4.79 Å². The van der Waals surface area contributed by atoms with Gasteiger partial charge in [-0.2, -0.15) is 5.26 Å². The Bertz CT molecular complexity index is 595. The Labute approximate surface area is 184 Å². The van der Waals surface area contributed by atoms with Crippen LogP contribution in [0.4, 0.5) is 0 Å². The quantitative estimate of drug-likeness (QED) is 0.221. The number of aliphatic hydroxyl groups excluding tert-OH is 1. The van der Waals surface area contributed by atoms with E-state index in [0.29, 0.717) is 12.8 Å². The van der Waals surface area contributed by atoms with Crippen molar-refractivity contribution < 1.29 is 9.90 Å². The first kappa shape index (κ1) is 27.9. The molecular weight excluding hydrogens is 372 g/mol. The number of aliphatic hydroxyl groups is 1. The van der Waals surface area contributed by atoms with Crippen LogP contribution < -0.4 is 5.32 Å². The van der Waals surface area contributed by atoms with Crippen LogP contribution in [0.1, 0.15) is 85.0 Å². The fourth-order valence-electron chi connectivity index (χ4n) is 2.86. The Morgan fingerprint density at radius 1 is 1.00 bits per heavy atom. The lowest BCUT2D eigenvalue weighted by Crippen LogP contribution is -2.34. The molecule has 0 heterocycles. The van der Waals surface area contributed by atoms with Crippen LogP contribution in [-0.4, -0.2) is 23.7 Å². The zero-order chi connectivity index (χ0) is 22.5. The van der Waals surface area contributed by atoms with E-state index in [2.05, 4.69) is 73.8 Å². The van der Waals surface area contributed by atoms with Gasteiger partial charge in [-0.1, -0.05) is 68.9 Å². The van der Waals surface area contributed by atoms with E-state index in [1.165, 1.54) is 0 Å². The number of nitriles is 1. The number of carbonyl (C=O) groups excluding carboxylic acids is 1. The molecule has 1 atom stereocenters. The number of hydrogen-bond donors (Lipinski definition) is 2. The van der Waals surface area contributed by atoms with Gasteiger partial charge in [0.15, 0.2) is 0 Å². The van der Waals surface area contributed by atoms with E-state index in [0.717, 1.165) is 51.4 Å². The minimum Gasteiger partial charge on any atom is -0.394 e. The first-order valence-electron chi connectivity index (χ1n) is 11.3. The second-order valence-corrected chi connectivity index (χ2v) is 8.42. The fourth-order valence-corrected chi connectivity index (χ4v) is 2.86. The normalized spacial score (nSPS) is 13.6. The van der Waals surface area contributed by atoms with Crippen molar-refractivity contribution in [1.29, 1.82) is 5.26 Å². The molecule has 168 valence electrons. The Kier molecular flexibility index (Phi) is 17.5. The molecule has 0 rings (SSSR count). The molecule has 0 radical (unpaired) electrons. The van der Waals surface area contributed by atoms with Crippen molar-refractivity contribution >= 4 is 5.91 Å². The molecular formula is C26H42N2O2. The Morgan fingerprint density at radius 2 is 1.60 bits per heavy atom. The van der Waals surface area contributed by atoms with Gasteiger partial charge in [0.25, 0.3) is 0 Å². The van der Waals surface area contributed by atoms with E-state index in [1.54, 1.807) is 6.92 Å². The third-order valence-corrected chi connectivity index (χ3v) is 4.70. The third kappa shape index (κ3) is 19.2. The first-order valence-corrected chi connectivity index (χ1v) is 11.3. The molecule has 0 saturated carbocycles. The summed E-state index contributed by atoms with van der Waals surface area (Å²) in [6, 6.07) is 2.04. The van der Waals surface area contributed by atoms with Crippen molar-refractivity contribution in [2.75, 3.05) is 6.61 Å². The molecule has 0 unspecified atom stereocenters. The number of unbranched alkanes of at least 4 members (excludes halogenated alkanes) is 3. The lowest BCUT2D eigenvalue weighted by Gasteiger charge is -2.19. The van der Waals surface area contributed by atoms with E-state index < -0.39 is 0 Å². The lowest BCUT2D eigenvalue weighted by atomic mass is 9.86. The zero-order valence-corrected chi connectivity index (χ0v) is 19.3. The minimum atomic E-state index is -0.166. The standard InChI is InChI=1S/C26H42N2O2/c1-24(23-29)28-25(30)19-15-12-10-8-6-4-5-7-9-11-13-16-20-26(2,3)21-17-14-18-22-27/h4-5,8-11,16,20,24,29H,6-7,12-15,17-19,21,23H2,1-3H3,(H,28,30)/t24-/m1/s1. The first-order chi connectivity index (χ1) is 14.4. The van der Waals surface area contributed by atoms with Gasteiger partial charge >= 0.3 is 0 Å². The predicted molar refractivity (Wildman–Crippen MR) is 127 cm³/mol. The van der Waals surface area contributed by atoms with E-state index in [4.69, 9.17) is 10.4 Å². The van der Waals surface area contributed by atoms with Crippen LogP contribution in [0.3, 0.4) is 0 Å². The van der Waals surface area contributed by atoms with Gasteiger partial charge < -0.3 is 10.4 Å². The molecule has 30 heavy (non-hydrogen) atoms. The highest BCUT2D eigenvalue weighted by Crippen LogP contribution is 2.25. The van der Waals surface area contributed by atoms with Crippen LogP contribution in [0.5, 0.6) is 0 Å². The Balaban J connectivity index is 3.73. The van der Waals surface area contributed by atoms with Gasteiger partial charge in [-0.05, 0) is 57.3 Å². The molecule has 0 aliphatic heterocycles. The van der Waals surface area contributed by atoms with Gasteiger partial charge in [0.1, 0.15) is 0 Å². The second-order valence-electron chi connectivity index (χ2n) is 8.42. The third-order valence-electron chi connectivity index (χ3n) is 4.70. The Hall–Kier alpha value is -2.12. The van der Waals surface area contributed by atoms with Gasteiger partial charge in [0, 0.05) is 18.9 Å². The average Bonchev–Trinajstić information content (AvgIpc) is 2.71. The summed E-state index contributed by atoms with van der Waals surface area (Å²) in [4.78, 5) is 11.5. The van der Waals surface area contributed by atoms with Crippen LogP contribution >= 0.6 is 0 Å². The maximum atomic E-state index is 11.5. The molecule has 0 aliphatic carbocycles. The molecule has 0 aromatic rings. The number of carbonyl (C=O) groups is 1. The lowest BCUT2D eigenvalue weighted by molar-refractivity contribution is -0.122. The summed E-state index contributed by atoms with van der Waals surface area (Å²) in [6.45, 7) is 6.27. The number of hydrogen-bond acceptors (Lipinski definition) is 3. The summed E-state index contributed by atoms with van der Waals surface area (Å²) < 4.78 is 0. The Morgan fingerprint density at radius 3 is 2.20 bits per heavy atom. The van der Waals surface area contributed by atoms with E-state index in [-0.39, 0.29) is 24.0 Å². The molecule has 0 saturated heterocycles. The maximum absolute atomic E-state index is 11.5. The maximum Gasteiger partial charge on any atom is 0.220 e. The van der Waals surface area contributed by atoms with E-state index in [9.17, 15) is 4.79 Å². The molecule has 0 aliphatic rings. The number of nitrogens with zero attached hydrogens (tertiary/aromatic N) is 1. The highest BCUT2D eigenvalue weighted by atomic mass is 16.3. The summed E-state index contributed by atoms with van der Waals surface area (Å²) in [6.07, 6.45) is 26.5.